The summed E-state index contributed by atoms with van der Waals surface area (Å²) in [5.74, 6) is -1.59. The molecule has 1 rings (SSSR count). The number of hydrogen-bond donors (Lipinski definition) is 0. The summed E-state index contributed by atoms with van der Waals surface area (Å²) in [6, 6.07) is 2.55. The van der Waals surface area contributed by atoms with E-state index in [1.54, 1.807) is 6.08 Å². The molecule has 0 amide bonds. The number of benzene rings is 1. The molecule has 1 aromatic rings. The van der Waals surface area contributed by atoms with E-state index >= 15 is 0 Å². The molecule has 3 heteroatoms. The van der Waals surface area contributed by atoms with E-state index in [2.05, 4.69) is 6.58 Å². The first kappa shape index (κ1) is 11.7. The molecule has 0 aromatic heterocycles. The first-order chi connectivity index (χ1) is 7.19. The first-order valence-electron chi connectivity index (χ1n) is 4.90. The second-order valence-corrected chi connectivity index (χ2v) is 3.23. The molecule has 0 aliphatic carbocycles. The van der Waals surface area contributed by atoms with Crippen molar-refractivity contribution in [2.45, 2.75) is 19.8 Å². The van der Waals surface area contributed by atoms with Gasteiger partial charge < -0.3 is 4.74 Å². The monoisotopic (exact) mass is 212 g/mol. The Labute approximate surface area is 88.4 Å². The van der Waals surface area contributed by atoms with Crippen LogP contribution in [0, 0.1) is 11.6 Å². The van der Waals surface area contributed by atoms with Crippen LogP contribution in [0.15, 0.2) is 24.8 Å². The molecule has 0 radical (unpaired) electrons. The van der Waals surface area contributed by atoms with E-state index in [1.807, 2.05) is 6.92 Å². The molecule has 0 aliphatic heterocycles. The SMILES string of the molecule is C=CCc1cc(F)c(OCCC)c(F)c1. The zero-order chi connectivity index (χ0) is 11.3. The summed E-state index contributed by atoms with van der Waals surface area (Å²) >= 11 is 0. The highest BCUT2D eigenvalue weighted by Crippen LogP contribution is 2.23. The minimum absolute atomic E-state index is 0.287. The van der Waals surface area contributed by atoms with Crippen LogP contribution in [0.2, 0.25) is 0 Å². The quantitative estimate of drug-likeness (QED) is 0.679. The Bertz CT molecular complexity index is 324. The summed E-state index contributed by atoms with van der Waals surface area (Å²) in [4.78, 5) is 0. The lowest BCUT2D eigenvalue weighted by Crippen LogP contribution is -2.01. The normalized spacial score (nSPS) is 10.1. The van der Waals surface area contributed by atoms with Crippen LogP contribution >= 0.6 is 0 Å². The van der Waals surface area contributed by atoms with Gasteiger partial charge in [0.1, 0.15) is 0 Å². The van der Waals surface area contributed by atoms with Gasteiger partial charge >= 0.3 is 0 Å². The maximum atomic E-state index is 13.4. The Morgan fingerprint density at radius 3 is 2.40 bits per heavy atom. The smallest absolute Gasteiger partial charge is 0.190 e. The van der Waals surface area contributed by atoms with Crippen molar-refractivity contribution in [2.24, 2.45) is 0 Å². The predicted octanol–water partition coefficient (Wildman–Crippen LogP) is 3.48. The van der Waals surface area contributed by atoms with Gasteiger partial charge in [0.2, 0.25) is 0 Å². The summed E-state index contributed by atoms with van der Waals surface area (Å²) in [5.41, 5.74) is 0.559. The molecule has 0 fully saturated rings. The molecule has 0 heterocycles. The molecular weight excluding hydrogens is 198 g/mol. The van der Waals surface area contributed by atoms with E-state index in [4.69, 9.17) is 4.74 Å². The van der Waals surface area contributed by atoms with E-state index < -0.39 is 11.6 Å². The number of rotatable bonds is 5. The first-order valence-corrected chi connectivity index (χ1v) is 4.90. The minimum atomic E-state index is -0.653. The van der Waals surface area contributed by atoms with Crippen molar-refractivity contribution in [2.75, 3.05) is 6.61 Å². The topological polar surface area (TPSA) is 9.23 Å². The lowest BCUT2D eigenvalue weighted by atomic mass is 10.1. The standard InChI is InChI=1S/C12H14F2O/c1-3-5-9-7-10(13)12(11(14)8-9)15-6-4-2/h3,7-8H,1,4-6H2,2H3. The molecule has 0 atom stereocenters. The number of ether oxygens (including phenoxy) is 1. The van der Waals surface area contributed by atoms with E-state index in [0.29, 0.717) is 25.0 Å². The highest BCUT2D eigenvalue weighted by molar-refractivity contribution is 5.32. The Morgan fingerprint density at radius 2 is 1.93 bits per heavy atom. The molecule has 0 bridgehead atoms. The van der Waals surface area contributed by atoms with Crippen molar-refractivity contribution in [3.05, 3.63) is 42.0 Å². The largest absolute Gasteiger partial charge is 0.488 e. The summed E-state index contributed by atoms with van der Waals surface area (Å²) in [7, 11) is 0. The lowest BCUT2D eigenvalue weighted by Gasteiger charge is -2.08. The van der Waals surface area contributed by atoms with Gasteiger partial charge in [-0.1, -0.05) is 13.0 Å². The van der Waals surface area contributed by atoms with Crippen molar-refractivity contribution in [1.29, 1.82) is 0 Å². The Kier molecular flexibility index (Phi) is 4.28. The highest BCUT2D eigenvalue weighted by atomic mass is 19.1. The van der Waals surface area contributed by atoms with Crippen molar-refractivity contribution >= 4 is 0 Å². The van der Waals surface area contributed by atoms with Crippen LogP contribution in [0.3, 0.4) is 0 Å². The van der Waals surface area contributed by atoms with Gasteiger partial charge in [-0.15, -0.1) is 6.58 Å². The molecule has 1 aromatic carbocycles. The van der Waals surface area contributed by atoms with Crippen LogP contribution in [0.25, 0.3) is 0 Å². The highest BCUT2D eigenvalue weighted by Gasteiger charge is 2.11. The molecule has 0 aliphatic rings. The van der Waals surface area contributed by atoms with Gasteiger partial charge in [0.05, 0.1) is 6.61 Å². The molecule has 0 spiro atoms. The molecular formula is C12H14F2O. The predicted molar refractivity (Wildman–Crippen MR) is 56.0 cm³/mol. The van der Waals surface area contributed by atoms with Crippen molar-refractivity contribution in [3.63, 3.8) is 0 Å². The van der Waals surface area contributed by atoms with Gasteiger partial charge in [-0.05, 0) is 30.5 Å². The maximum Gasteiger partial charge on any atom is 0.190 e. The van der Waals surface area contributed by atoms with Crippen molar-refractivity contribution in [1.82, 2.24) is 0 Å². The number of hydrogen-bond acceptors (Lipinski definition) is 1. The van der Waals surface area contributed by atoms with Crippen molar-refractivity contribution < 1.29 is 13.5 Å². The van der Waals surface area contributed by atoms with Gasteiger partial charge in [0.15, 0.2) is 17.4 Å². The van der Waals surface area contributed by atoms with Gasteiger partial charge in [-0.25, -0.2) is 8.78 Å². The van der Waals surface area contributed by atoms with E-state index in [0.717, 1.165) is 0 Å². The molecule has 0 saturated heterocycles. The summed E-state index contributed by atoms with van der Waals surface area (Å²) in [6.07, 6.45) is 2.76. The molecule has 0 N–H and O–H groups in total. The summed E-state index contributed by atoms with van der Waals surface area (Å²) in [5, 5.41) is 0. The van der Waals surface area contributed by atoms with Gasteiger partial charge in [0, 0.05) is 0 Å². The Morgan fingerprint density at radius 1 is 1.33 bits per heavy atom. The molecule has 1 nitrogen and oxygen atoms in total. The van der Waals surface area contributed by atoms with Crippen LogP contribution in [0.5, 0.6) is 5.75 Å². The van der Waals surface area contributed by atoms with Crippen LogP contribution in [-0.2, 0) is 6.42 Å². The van der Waals surface area contributed by atoms with Gasteiger partial charge in [-0.2, -0.15) is 0 Å². The van der Waals surface area contributed by atoms with Crippen molar-refractivity contribution in [3.8, 4) is 5.75 Å². The third-order valence-electron chi connectivity index (χ3n) is 1.89. The summed E-state index contributed by atoms with van der Waals surface area (Å²) < 4.78 is 31.7. The van der Waals surface area contributed by atoms with Crippen LogP contribution < -0.4 is 4.74 Å². The molecule has 0 unspecified atom stereocenters. The van der Waals surface area contributed by atoms with Crippen LogP contribution in [0.4, 0.5) is 8.78 Å². The maximum absolute atomic E-state index is 13.4. The fraction of sp³-hybridized carbons (Fsp3) is 0.333. The van der Waals surface area contributed by atoms with Crippen LogP contribution in [0.1, 0.15) is 18.9 Å². The molecule has 15 heavy (non-hydrogen) atoms. The van der Waals surface area contributed by atoms with Gasteiger partial charge in [-0.3, -0.25) is 0 Å². The van der Waals surface area contributed by atoms with Crippen LogP contribution in [-0.4, -0.2) is 6.61 Å². The molecule has 0 saturated carbocycles. The third-order valence-corrected chi connectivity index (χ3v) is 1.89. The van der Waals surface area contributed by atoms with E-state index in [1.165, 1.54) is 12.1 Å². The minimum Gasteiger partial charge on any atom is -0.488 e. The lowest BCUT2D eigenvalue weighted by molar-refractivity contribution is 0.284. The van der Waals surface area contributed by atoms with E-state index in [-0.39, 0.29) is 5.75 Å². The second kappa shape index (κ2) is 5.49. The number of allylic oxidation sites excluding steroid dienone is 1. The average molecular weight is 212 g/mol. The zero-order valence-corrected chi connectivity index (χ0v) is 8.72. The second-order valence-electron chi connectivity index (χ2n) is 3.23. The zero-order valence-electron chi connectivity index (χ0n) is 8.72. The fourth-order valence-corrected chi connectivity index (χ4v) is 1.24. The summed E-state index contributed by atoms with van der Waals surface area (Å²) in [6.45, 7) is 5.70. The average Bonchev–Trinajstić information content (AvgIpc) is 2.17. The fourth-order valence-electron chi connectivity index (χ4n) is 1.24. The van der Waals surface area contributed by atoms with Gasteiger partial charge in [0.25, 0.3) is 0 Å². The number of halogens is 2. The molecule has 82 valence electrons. The van der Waals surface area contributed by atoms with E-state index in [9.17, 15) is 8.78 Å². The third kappa shape index (κ3) is 3.05. The Balaban J connectivity index is 2.93. The Hall–Kier alpha value is -1.38.